The summed E-state index contributed by atoms with van der Waals surface area (Å²) in [6, 6.07) is 5.05. The molecule has 0 bridgehead atoms. The fraction of sp³-hybridized carbons (Fsp3) is 0.500. The van der Waals surface area contributed by atoms with E-state index in [0.29, 0.717) is 23.9 Å². The number of rotatable bonds is 3. The van der Waals surface area contributed by atoms with Crippen LogP contribution in [0.15, 0.2) is 29.4 Å². The molecule has 1 aromatic carbocycles. The second-order valence-corrected chi connectivity index (χ2v) is 7.75. The summed E-state index contributed by atoms with van der Waals surface area (Å²) in [5.74, 6) is 0.408. The van der Waals surface area contributed by atoms with Crippen LogP contribution in [0.1, 0.15) is 25.3 Å². The lowest BCUT2D eigenvalue weighted by Crippen LogP contribution is -2.39. The standard InChI is InChI=1S/C14H19N5O2S/c1-11-4-3-7-18(9-11)22(20,21)13-5-6-14(12(2)8-13)19-10-15-16-17-19/h5-6,8,10-11H,3-4,7,9H2,1-2H3/t11-/m1/s1. The molecular weight excluding hydrogens is 302 g/mol. The van der Waals surface area contributed by atoms with E-state index in [9.17, 15) is 8.42 Å². The molecule has 0 spiro atoms. The minimum Gasteiger partial charge on any atom is -0.207 e. The molecule has 0 radical (unpaired) electrons. The van der Waals surface area contributed by atoms with Crippen LogP contribution in [-0.4, -0.2) is 46.0 Å². The van der Waals surface area contributed by atoms with Crippen LogP contribution < -0.4 is 0 Å². The van der Waals surface area contributed by atoms with Gasteiger partial charge in [0.1, 0.15) is 6.33 Å². The highest BCUT2D eigenvalue weighted by molar-refractivity contribution is 7.89. The molecule has 1 atom stereocenters. The summed E-state index contributed by atoms with van der Waals surface area (Å²) in [5, 5.41) is 11.0. The third kappa shape index (κ3) is 2.76. The average Bonchev–Trinajstić information content (AvgIpc) is 3.01. The Balaban J connectivity index is 1.93. The van der Waals surface area contributed by atoms with Crippen LogP contribution >= 0.6 is 0 Å². The van der Waals surface area contributed by atoms with Crippen molar-refractivity contribution >= 4 is 10.0 Å². The molecule has 1 aliphatic rings. The van der Waals surface area contributed by atoms with E-state index in [1.807, 2.05) is 6.92 Å². The van der Waals surface area contributed by atoms with E-state index in [-0.39, 0.29) is 0 Å². The maximum Gasteiger partial charge on any atom is 0.243 e. The average molecular weight is 321 g/mol. The van der Waals surface area contributed by atoms with Crippen LogP contribution in [0.4, 0.5) is 0 Å². The number of nitrogens with zero attached hydrogens (tertiary/aromatic N) is 5. The van der Waals surface area contributed by atoms with Crippen molar-refractivity contribution in [3.63, 3.8) is 0 Å². The van der Waals surface area contributed by atoms with Gasteiger partial charge in [0.2, 0.25) is 10.0 Å². The molecule has 2 heterocycles. The molecule has 1 fully saturated rings. The highest BCUT2D eigenvalue weighted by Gasteiger charge is 2.28. The molecule has 0 N–H and O–H groups in total. The summed E-state index contributed by atoms with van der Waals surface area (Å²) in [5.41, 5.74) is 1.59. The first-order valence-corrected chi connectivity index (χ1v) is 8.76. The first-order valence-electron chi connectivity index (χ1n) is 7.32. The van der Waals surface area contributed by atoms with Crippen molar-refractivity contribution in [3.05, 3.63) is 30.1 Å². The maximum absolute atomic E-state index is 12.8. The lowest BCUT2D eigenvalue weighted by Gasteiger charge is -2.30. The number of hydrogen-bond donors (Lipinski definition) is 0. The summed E-state index contributed by atoms with van der Waals surface area (Å²) >= 11 is 0. The zero-order valence-corrected chi connectivity index (χ0v) is 13.5. The van der Waals surface area contributed by atoms with Crippen molar-refractivity contribution < 1.29 is 8.42 Å². The van der Waals surface area contributed by atoms with E-state index in [1.165, 1.54) is 11.0 Å². The Morgan fingerprint density at radius 2 is 2.14 bits per heavy atom. The maximum atomic E-state index is 12.8. The number of hydrogen-bond acceptors (Lipinski definition) is 5. The SMILES string of the molecule is Cc1cc(S(=O)(=O)N2CCC[C@@H](C)C2)ccc1-n1cnnn1. The quantitative estimate of drug-likeness (QED) is 0.853. The Kier molecular flexibility index (Phi) is 3.96. The Morgan fingerprint density at radius 3 is 2.77 bits per heavy atom. The molecule has 0 amide bonds. The van der Waals surface area contributed by atoms with E-state index < -0.39 is 10.0 Å². The van der Waals surface area contributed by atoms with Crippen molar-refractivity contribution in [2.24, 2.45) is 5.92 Å². The monoisotopic (exact) mass is 321 g/mol. The molecule has 0 aliphatic carbocycles. The number of aryl methyl sites for hydroxylation is 1. The summed E-state index contributed by atoms with van der Waals surface area (Å²) in [6.07, 6.45) is 3.49. The van der Waals surface area contributed by atoms with Crippen LogP contribution in [0.5, 0.6) is 0 Å². The zero-order chi connectivity index (χ0) is 15.7. The molecule has 0 saturated carbocycles. The Bertz CT molecular complexity index is 758. The highest BCUT2D eigenvalue weighted by atomic mass is 32.2. The zero-order valence-electron chi connectivity index (χ0n) is 12.7. The second-order valence-electron chi connectivity index (χ2n) is 5.81. The van der Waals surface area contributed by atoms with E-state index in [2.05, 4.69) is 22.4 Å². The molecule has 22 heavy (non-hydrogen) atoms. The van der Waals surface area contributed by atoms with Crippen LogP contribution in [0, 0.1) is 12.8 Å². The van der Waals surface area contributed by atoms with Crippen molar-refractivity contribution in [2.45, 2.75) is 31.6 Å². The van der Waals surface area contributed by atoms with E-state index in [1.54, 1.807) is 22.5 Å². The van der Waals surface area contributed by atoms with Crippen LogP contribution in [-0.2, 0) is 10.0 Å². The Hall–Kier alpha value is -1.80. The smallest absolute Gasteiger partial charge is 0.207 e. The van der Waals surface area contributed by atoms with E-state index in [0.717, 1.165) is 24.1 Å². The van der Waals surface area contributed by atoms with Crippen molar-refractivity contribution in [3.8, 4) is 5.69 Å². The van der Waals surface area contributed by atoms with Crippen molar-refractivity contribution in [1.29, 1.82) is 0 Å². The van der Waals surface area contributed by atoms with Gasteiger partial charge in [-0.05, 0) is 59.9 Å². The fourth-order valence-corrected chi connectivity index (χ4v) is 4.51. The predicted octanol–water partition coefficient (Wildman–Crippen LogP) is 1.39. The Morgan fingerprint density at radius 1 is 1.32 bits per heavy atom. The number of benzene rings is 1. The predicted molar refractivity (Wildman–Crippen MR) is 81.0 cm³/mol. The number of aromatic nitrogens is 4. The topological polar surface area (TPSA) is 81.0 Å². The van der Waals surface area contributed by atoms with Crippen molar-refractivity contribution in [1.82, 2.24) is 24.5 Å². The summed E-state index contributed by atoms with van der Waals surface area (Å²) in [7, 11) is -3.43. The molecule has 1 aromatic heterocycles. The van der Waals surface area contributed by atoms with Gasteiger partial charge in [-0.15, -0.1) is 5.10 Å². The van der Waals surface area contributed by atoms with Gasteiger partial charge in [-0.3, -0.25) is 0 Å². The molecule has 7 nitrogen and oxygen atoms in total. The van der Waals surface area contributed by atoms with Gasteiger partial charge in [-0.1, -0.05) is 6.92 Å². The molecule has 0 unspecified atom stereocenters. The molecular formula is C14H19N5O2S. The van der Waals surface area contributed by atoms with Gasteiger partial charge in [0, 0.05) is 13.1 Å². The van der Waals surface area contributed by atoms with Gasteiger partial charge in [0.15, 0.2) is 0 Å². The Labute approximate surface area is 130 Å². The fourth-order valence-electron chi connectivity index (χ4n) is 2.83. The largest absolute Gasteiger partial charge is 0.243 e. The third-order valence-corrected chi connectivity index (χ3v) is 5.88. The number of sulfonamides is 1. The number of piperidine rings is 1. The number of tetrazole rings is 1. The van der Waals surface area contributed by atoms with Crippen LogP contribution in [0.2, 0.25) is 0 Å². The van der Waals surface area contributed by atoms with Gasteiger partial charge < -0.3 is 0 Å². The molecule has 8 heteroatoms. The highest BCUT2D eigenvalue weighted by Crippen LogP contribution is 2.25. The van der Waals surface area contributed by atoms with Crippen LogP contribution in [0.3, 0.4) is 0 Å². The van der Waals surface area contributed by atoms with Gasteiger partial charge in [-0.2, -0.15) is 4.31 Å². The lowest BCUT2D eigenvalue weighted by atomic mass is 10.0. The first-order chi connectivity index (χ1) is 10.5. The van der Waals surface area contributed by atoms with Gasteiger partial charge in [0.25, 0.3) is 0 Å². The summed E-state index contributed by atoms with van der Waals surface area (Å²) in [6.45, 7) is 5.14. The van der Waals surface area contributed by atoms with Gasteiger partial charge in [0.05, 0.1) is 10.6 Å². The minimum absolute atomic E-state index is 0.330. The summed E-state index contributed by atoms with van der Waals surface area (Å²) < 4.78 is 28.6. The van der Waals surface area contributed by atoms with Crippen LogP contribution in [0.25, 0.3) is 5.69 Å². The van der Waals surface area contributed by atoms with Gasteiger partial charge >= 0.3 is 0 Å². The molecule has 3 rings (SSSR count). The molecule has 1 saturated heterocycles. The lowest BCUT2D eigenvalue weighted by molar-refractivity contribution is 0.281. The molecule has 1 aliphatic heterocycles. The third-order valence-electron chi connectivity index (χ3n) is 4.02. The second kappa shape index (κ2) is 5.77. The van der Waals surface area contributed by atoms with E-state index >= 15 is 0 Å². The molecule has 2 aromatic rings. The van der Waals surface area contributed by atoms with Crippen molar-refractivity contribution in [2.75, 3.05) is 13.1 Å². The normalized spacial score (nSPS) is 20.2. The van der Waals surface area contributed by atoms with Gasteiger partial charge in [-0.25, -0.2) is 13.1 Å². The minimum atomic E-state index is -3.43. The summed E-state index contributed by atoms with van der Waals surface area (Å²) in [4.78, 5) is 0.330. The van der Waals surface area contributed by atoms with E-state index in [4.69, 9.17) is 0 Å². The first kappa shape index (κ1) is 15.1. The molecule has 118 valence electrons.